The molecular formula is C17H17ClN2O2. The van der Waals surface area contributed by atoms with Gasteiger partial charge in [-0.3, -0.25) is 4.90 Å². The average molecular weight is 317 g/mol. The van der Waals surface area contributed by atoms with Gasteiger partial charge >= 0.3 is 6.03 Å². The van der Waals surface area contributed by atoms with Gasteiger partial charge in [-0.25, -0.2) is 4.79 Å². The topological polar surface area (TPSA) is 41.6 Å². The van der Waals surface area contributed by atoms with E-state index in [9.17, 15) is 4.79 Å². The molecule has 0 aromatic heterocycles. The molecule has 0 aliphatic carbocycles. The molecule has 2 aromatic carbocycles. The number of hydrogen-bond donors (Lipinski definition) is 1. The van der Waals surface area contributed by atoms with Crippen molar-refractivity contribution in [1.29, 1.82) is 0 Å². The lowest BCUT2D eigenvalue weighted by Crippen LogP contribution is -2.45. The number of hydrogen-bond acceptors (Lipinski definition) is 2. The Morgan fingerprint density at radius 3 is 2.73 bits per heavy atom. The van der Waals surface area contributed by atoms with Crippen molar-refractivity contribution in [3.8, 4) is 5.75 Å². The van der Waals surface area contributed by atoms with Crippen molar-refractivity contribution >= 4 is 23.3 Å². The number of para-hydroxylation sites is 1. The number of carbonyl (C=O) groups is 1. The summed E-state index contributed by atoms with van der Waals surface area (Å²) in [6, 6.07) is 14.9. The first-order valence-corrected chi connectivity index (χ1v) is 7.59. The van der Waals surface area contributed by atoms with Crippen LogP contribution in [0.3, 0.4) is 0 Å². The summed E-state index contributed by atoms with van der Waals surface area (Å²) < 4.78 is 5.67. The van der Waals surface area contributed by atoms with Crippen LogP contribution in [-0.4, -0.2) is 18.8 Å². The Bertz CT molecular complexity index is 673. The van der Waals surface area contributed by atoms with Gasteiger partial charge in [0.25, 0.3) is 0 Å². The SMILES string of the molecule is CC(NC(=O)N1CCc2ccccc21)Oc1ccc(Cl)cc1. The van der Waals surface area contributed by atoms with E-state index in [-0.39, 0.29) is 6.03 Å². The second-order valence-electron chi connectivity index (χ2n) is 5.19. The van der Waals surface area contributed by atoms with Gasteiger partial charge in [-0.05, 0) is 49.2 Å². The fourth-order valence-corrected chi connectivity index (χ4v) is 2.67. The lowest BCUT2D eigenvalue weighted by Gasteiger charge is -2.22. The zero-order valence-corrected chi connectivity index (χ0v) is 13.0. The number of nitrogens with zero attached hydrogens (tertiary/aromatic N) is 1. The molecule has 1 N–H and O–H groups in total. The van der Waals surface area contributed by atoms with Gasteiger partial charge in [0.2, 0.25) is 0 Å². The summed E-state index contributed by atoms with van der Waals surface area (Å²) in [5, 5.41) is 3.51. The molecule has 0 saturated heterocycles. The van der Waals surface area contributed by atoms with Crippen molar-refractivity contribution in [2.45, 2.75) is 19.6 Å². The van der Waals surface area contributed by atoms with E-state index in [0.717, 1.165) is 12.1 Å². The molecule has 0 fully saturated rings. The Labute approximate surface area is 134 Å². The van der Waals surface area contributed by atoms with E-state index in [2.05, 4.69) is 11.4 Å². The maximum atomic E-state index is 12.4. The average Bonchev–Trinajstić information content (AvgIpc) is 2.93. The predicted molar refractivity (Wildman–Crippen MR) is 87.6 cm³/mol. The Kier molecular flexibility index (Phi) is 4.20. The molecule has 2 aromatic rings. The lowest BCUT2D eigenvalue weighted by atomic mass is 10.2. The molecule has 22 heavy (non-hydrogen) atoms. The number of carbonyl (C=O) groups excluding carboxylic acids is 1. The third kappa shape index (κ3) is 3.17. The number of amides is 2. The van der Waals surface area contributed by atoms with Crippen LogP contribution in [-0.2, 0) is 6.42 Å². The van der Waals surface area contributed by atoms with Gasteiger partial charge in [-0.15, -0.1) is 0 Å². The van der Waals surface area contributed by atoms with E-state index in [1.54, 1.807) is 36.1 Å². The molecule has 1 aliphatic rings. The highest BCUT2D eigenvalue weighted by Crippen LogP contribution is 2.27. The second kappa shape index (κ2) is 6.28. The first kappa shape index (κ1) is 14.7. The van der Waals surface area contributed by atoms with Gasteiger partial charge in [0, 0.05) is 17.3 Å². The molecule has 0 saturated carbocycles. The number of nitrogens with one attached hydrogen (secondary N) is 1. The van der Waals surface area contributed by atoms with Gasteiger partial charge < -0.3 is 10.1 Å². The number of rotatable bonds is 3. The molecule has 0 bridgehead atoms. The quantitative estimate of drug-likeness (QED) is 0.874. The van der Waals surface area contributed by atoms with Crippen LogP contribution >= 0.6 is 11.6 Å². The van der Waals surface area contributed by atoms with Gasteiger partial charge in [0.1, 0.15) is 5.75 Å². The first-order valence-electron chi connectivity index (χ1n) is 7.21. The van der Waals surface area contributed by atoms with Crippen LogP contribution < -0.4 is 15.0 Å². The highest BCUT2D eigenvalue weighted by molar-refractivity contribution is 6.30. The van der Waals surface area contributed by atoms with Crippen LogP contribution in [0.15, 0.2) is 48.5 Å². The minimum Gasteiger partial charge on any atom is -0.471 e. The van der Waals surface area contributed by atoms with Crippen molar-refractivity contribution in [1.82, 2.24) is 5.32 Å². The Morgan fingerprint density at radius 2 is 1.95 bits per heavy atom. The maximum Gasteiger partial charge on any atom is 0.324 e. The molecule has 114 valence electrons. The van der Waals surface area contributed by atoms with E-state index in [4.69, 9.17) is 16.3 Å². The van der Waals surface area contributed by atoms with Crippen LogP contribution in [0.5, 0.6) is 5.75 Å². The number of fused-ring (bicyclic) bond motifs is 1. The maximum absolute atomic E-state index is 12.4. The monoisotopic (exact) mass is 316 g/mol. The molecule has 1 heterocycles. The summed E-state index contributed by atoms with van der Waals surface area (Å²) in [5.74, 6) is 0.666. The van der Waals surface area contributed by atoms with Crippen molar-refractivity contribution < 1.29 is 9.53 Å². The number of halogens is 1. The van der Waals surface area contributed by atoms with Crippen LogP contribution in [0.2, 0.25) is 5.02 Å². The molecular weight excluding hydrogens is 300 g/mol. The van der Waals surface area contributed by atoms with Crippen LogP contribution in [0.25, 0.3) is 0 Å². The Balaban J connectivity index is 1.61. The normalized spacial score (nSPS) is 14.4. The van der Waals surface area contributed by atoms with E-state index in [1.807, 2.05) is 18.2 Å². The third-order valence-corrected chi connectivity index (χ3v) is 3.84. The Hall–Kier alpha value is -2.20. The standard InChI is InChI=1S/C17H17ClN2O2/c1-12(22-15-8-6-14(18)7-9-15)19-17(21)20-11-10-13-4-2-3-5-16(13)20/h2-9,12H,10-11H2,1H3,(H,19,21). The first-order chi connectivity index (χ1) is 10.6. The molecule has 3 rings (SSSR count). The predicted octanol–water partition coefficient (Wildman–Crippen LogP) is 3.84. The molecule has 1 unspecified atom stereocenters. The van der Waals surface area contributed by atoms with Gasteiger partial charge in [0.05, 0.1) is 0 Å². The Morgan fingerprint density at radius 1 is 1.23 bits per heavy atom. The van der Waals surface area contributed by atoms with Gasteiger partial charge in [0.15, 0.2) is 6.23 Å². The van der Waals surface area contributed by atoms with Crippen molar-refractivity contribution in [2.24, 2.45) is 0 Å². The van der Waals surface area contributed by atoms with Gasteiger partial charge in [-0.1, -0.05) is 29.8 Å². The number of anilines is 1. The third-order valence-electron chi connectivity index (χ3n) is 3.59. The van der Waals surface area contributed by atoms with Crippen LogP contribution in [0, 0.1) is 0 Å². The zero-order valence-electron chi connectivity index (χ0n) is 12.3. The second-order valence-corrected chi connectivity index (χ2v) is 5.63. The lowest BCUT2D eigenvalue weighted by molar-refractivity contribution is 0.180. The van der Waals surface area contributed by atoms with Gasteiger partial charge in [-0.2, -0.15) is 0 Å². The van der Waals surface area contributed by atoms with E-state index >= 15 is 0 Å². The summed E-state index contributed by atoms with van der Waals surface area (Å²) >= 11 is 5.83. The molecule has 1 aliphatic heterocycles. The highest BCUT2D eigenvalue weighted by Gasteiger charge is 2.25. The molecule has 2 amide bonds. The fourth-order valence-electron chi connectivity index (χ4n) is 2.55. The summed E-state index contributed by atoms with van der Waals surface area (Å²) in [5.41, 5.74) is 2.17. The van der Waals surface area contributed by atoms with Crippen LogP contribution in [0.4, 0.5) is 10.5 Å². The number of benzene rings is 2. The number of ether oxygens (including phenoxy) is 1. The summed E-state index contributed by atoms with van der Waals surface area (Å²) in [4.78, 5) is 14.1. The zero-order chi connectivity index (χ0) is 15.5. The minimum absolute atomic E-state index is 0.147. The largest absolute Gasteiger partial charge is 0.471 e. The highest BCUT2D eigenvalue weighted by atomic mass is 35.5. The molecule has 0 radical (unpaired) electrons. The van der Waals surface area contributed by atoms with Crippen molar-refractivity contribution in [2.75, 3.05) is 11.4 Å². The molecule has 1 atom stereocenters. The molecule has 5 heteroatoms. The molecule has 4 nitrogen and oxygen atoms in total. The summed E-state index contributed by atoms with van der Waals surface area (Å²) in [7, 11) is 0. The van der Waals surface area contributed by atoms with Crippen molar-refractivity contribution in [3.63, 3.8) is 0 Å². The van der Waals surface area contributed by atoms with E-state index < -0.39 is 6.23 Å². The van der Waals surface area contributed by atoms with Crippen LogP contribution in [0.1, 0.15) is 12.5 Å². The van der Waals surface area contributed by atoms with Crippen molar-refractivity contribution in [3.05, 3.63) is 59.1 Å². The smallest absolute Gasteiger partial charge is 0.324 e. The summed E-state index contributed by atoms with van der Waals surface area (Å²) in [6.45, 7) is 2.49. The summed E-state index contributed by atoms with van der Waals surface area (Å²) in [6.07, 6.45) is 0.456. The van der Waals surface area contributed by atoms with E-state index in [0.29, 0.717) is 17.3 Å². The number of urea groups is 1. The molecule has 0 spiro atoms. The minimum atomic E-state index is -0.429. The fraction of sp³-hybridized carbons (Fsp3) is 0.235. The van der Waals surface area contributed by atoms with E-state index in [1.165, 1.54) is 5.56 Å².